The van der Waals surface area contributed by atoms with E-state index in [1.165, 1.54) is 13.8 Å². The van der Waals surface area contributed by atoms with Gasteiger partial charge in [0.25, 0.3) is 5.56 Å². The first kappa shape index (κ1) is 18.2. The molecular formula is C37H40F4N4O2S. The number of rotatable bonds is 13. The number of alkyl halides is 3. The van der Waals surface area contributed by atoms with Crippen molar-refractivity contribution in [3.8, 4) is 11.1 Å². The van der Waals surface area contributed by atoms with E-state index in [4.69, 9.17) is 20.6 Å². The predicted octanol–water partition coefficient (Wildman–Crippen LogP) is 7.53. The van der Waals surface area contributed by atoms with Crippen LogP contribution in [0.5, 0.6) is 0 Å². The average Bonchev–Trinajstić information content (AvgIpc) is 3.71. The molecule has 6 nitrogen and oxygen atoms in total. The Labute approximate surface area is 309 Å². The lowest BCUT2D eigenvalue weighted by molar-refractivity contribution is -0.138. The largest absolute Gasteiger partial charge is 0.416 e. The second kappa shape index (κ2) is 15.5. The molecule has 11 heteroatoms. The lowest BCUT2D eigenvalue weighted by Crippen LogP contribution is -2.40. The SMILES string of the molecule is [2H]c1c([2H])c(C([2H])([2H])Sc2nc(=O)c3c(n2CC(=O)N(C([2H])([2H])c2c([2H])c([2H])c(-c4c([2H])c([2H])c(C(F)(F)F)c(C)c4[2H])c([2H])c2[2H])C([2H])([2H])C([2H])([2H])N(CC)CC)CCC3)c([2H])c([2H])c1F. The van der Waals surface area contributed by atoms with Crippen LogP contribution in [0.1, 0.15) is 79.8 Å². The maximum atomic E-state index is 15.0. The summed E-state index contributed by atoms with van der Waals surface area (Å²) in [5.74, 6) is -3.35. The first-order chi connectivity index (χ1) is 30.6. The number of carbonyl (C=O) groups is 1. The number of carbonyl (C=O) groups excluding carboxylic acids is 1. The van der Waals surface area contributed by atoms with Crippen molar-refractivity contribution in [3.63, 3.8) is 0 Å². The van der Waals surface area contributed by atoms with Gasteiger partial charge in [0, 0.05) is 41.9 Å². The molecule has 4 aromatic rings. The first-order valence-electron chi connectivity index (χ1n) is 24.0. The molecule has 0 fully saturated rings. The molecule has 1 amide bonds. The molecule has 1 aliphatic carbocycles. The van der Waals surface area contributed by atoms with Crippen LogP contribution in [0.25, 0.3) is 11.1 Å². The molecule has 1 aliphatic rings. The van der Waals surface area contributed by atoms with Crippen molar-refractivity contribution in [2.75, 3.05) is 26.1 Å². The Morgan fingerprint density at radius 3 is 2.31 bits per heavy atom. The highest BCUT2D eigenvalue weighted by molar-refractivity contribution is 7.98. The molecule has 0 aliphatic heterocycles. The van der Waals surface area contributed by atoms with Crippen LogP contribution in [-0.2, 0) is 42.6 Å². The fraction of sp³-hybridized carbons (Fsp3) is 0.378. The summed E-state index contributed by atoms with van der Waals surface area (Å²) in [5.41, 5.74) is -11.1. The molecule has 0 spiro atoms. The summed E-state index contributed by atoms with van der Waals surface area (Å²) in [7, 11) is 0. The summed E-state index contributed by atoms with van der Waals surface area (Å²) in [6, 6.07) is -14.2. The highest BCUT2D eigenvalue weighted by Gasteiger charge is 2.32. The quantitative estimate of drug-likeness (QED) is 0.0821. The zero-order chi connectivity index (χ0) is 51.2. The molecule has 0 N–H and O–H groups in total. The zero-order valence-corrected chi connectivity index (χ0v) is 26.6. The number of thioether (sulfide) groups is 1. The zero-order valence-electron chi connectivity index (χ0n) is 44.8. The summed E-state index contributed by atoms with van der Waals surface area (Å²) in [6.45, 7) is -9.51. The third-order valence-corrected chi connectivity index (χ3v) is 7.85. The van der Waals surface area contributed by atoms with E-state index in [0.717, 1.165) is 16.4 Å². The highest BCUT2D eigenvalue weighted by Crippen LogP contribution is 2.34. The minimum atomic E-state index is -5.24. The van der Waals surface area contributed by atoms with Gasteiger partial charge in [-0.2, -0.15) is 18.2 Å². The molecule has 0 radical (unpaired) electrons. The van der Waals surface area contributed by atoms with Crippen LogP contribution in [-0.4, -0.2) is 51.3 Å². The van der Waals surface area contributed by atoms with E-state index in [2.05, 4.69) is 4.98 Å². The maximum Gasteiger partial charge on any atom is 0.416 e. The van der Waals surface area contributed by atoms with Gasteiger partial charge in [0.05, 0.1) is 26.1 Å². The molecule has 0 bridgehead atoms. The Bertz CT molecular complexity index is 2680. The number of hydrogen-bond donors (Lipinski definition) is 0. The van der Waals surface area contributed by atoms with Crippen molar-refractivity contribution in [1.82, 2.24) is 19.4 Å². The van der Waals surface area contributed by atoms with Crippen LogP contribution in [0, 0.1) is 12.7 Å². The van der Waals surface area contributed by atoms with Crippen LogP contribution in [0.15, 0.2) is 76.4 Å². The van der Waals surface area contributed by atoms with E-state index in [1.807, 2.05) is 0 Å². The van der Waals surface area contributed by atoms with Gasteiger partial charge in [0.15, 0.2) is 5.16 Å². The van der Waals surface area contributed by atoms with Gasteiger partial charge in [-0.05, 0) is 85.2 Å². The molecule has 1 aromatic heterocycles. The first-order valence-corrected chi connectivity index (χ1v) is 15.4. The number of aromatic nitrogens is 2. The summed E-state index contributed by atoms with van der Waals surface area (Å²) in [5, 5.41) is -0.732. The van der Waals surface area contributed by atoms with E-state index in [0.29, 0.717) is 0 Å². The van der Waals surface area contributed by atoms with Crippen LogP contribution in [0.4, 0.5) is 17.6 Å². The molecule has 0 unspecified atom stereocenters. The van der Waals surface area contributed by atoms with Crippen LogP contribution in [0.2, 0.25) is 0 Å². The number of halogens is 4. The summed E-state index contributed by atoms with van der Waals surface area (Å²) >= 11 is -0.0456. The summed E-state index contributed by atoms with van der Waals surface area (Å²) in [4.78, 5) is 32.7. The fourth-order valence-electron chi connectivity index (χ4n) is 4.65. The monoisotopic (exact) mass is 699 g/mol. The van der Waals surface area contributed by atoms with Gasteiger partial charge in [-0.1, -0.05) is 73.9 Å². The standard InChI is InChI=1S/C37H40F4N4O2S/c1-4-43(5-2)19-20-44(22-26-9-13-28(14-10-26)29-15-18-32(25(3)21-29)37(39,40)41)34(46)23-45-33-8-6-7-31(33)35(47)42-36(45)48-24-27-11-16-30(38)17-12-27/h9-18,21H,4-8,19-20,22-24H2,1-3H3/i9D,10D,11D,12D,13D,14D,15D,16D,17D,18D,19D2,20D2,21D,22D2,24D2. The number of hydrogen-bond acceptors (Lipinski definition) is 5. The molecule has 0 saturated heterocycles. The predicted molar refractivity (Wildman–Crippen MR) is 181 cm³/mol. The van der Waals surface area contributed by atoms with Gasteiger partial charge < -0.3 is 14.4 Å². The Morgan fingerprint density at radius 2 is 1.65 bits per heavy atom. The number of likely N-dealkylation sites (N-methyl/N-ethyl adjacent to an activating group) is 1. The Kier molecular flexibility index (Phi) is 5.86. The highest BCUT2D eigenvalue weighted by atomic mass is 32.2. The van der Waals surface area contributed by atoms with Crippen molar-refractivity contribution in [2.24, 2.45) is 0 Å². The summed E-state index contributed by atoms with van der Waals surface area (Å²) < 4.78 is 223. The Morgan fingerprint density at radius 1 is 0.979 bits per heavy atom. The molecular weight excluding hydrogens is 640 g/mol. The fourth-order valence-corrected chi connectivity index (χ4v) is 5.36. The van der Waals surface area contributed by atoms with Crippen molar-refractivity contribution in [2.45, 2.75) is 70.1 Å². The second-order valence-electron chi connectivity index (χ2n) is 10.2. The van der Waals surface area contributed by atoms with Crippen LogP contribution < -0.4 is 5.56 Å². The van der Waals surface area contributed by atoms with Crippen molar-refractivity contribution < 1.29 is 48.4 Å². The Balaban J connectivity index is 1.80. The molecule has 5 rings (SSSR count). The molecule has 48 heavy (non-hydrogen) atoms. The lowest BCUT2D eigenvalue weighted by atomic mass is 9.98. The lowest BCUT2D eigenvalue weighted by Gasteiger charge is -2.28. The van der Waals surface area contributed by atoms with E-state index < -0.39 is 160 Å². The summed E-state index contributed by atoms with van der Waals surface area (Å²) in [6.07, 6.45) is -4.98. The Hall–Kier alpha value is -3.96. The van der Waals surface area contributed by atoms with Gasteiger partial charge in [-0.25, -0.2) is 4.39 Å². The van der Waals surface area contributed by atoms with E-state index in [1.54, 1.807) is 0 Å². The van der Waals surface area contributed by atoms with Crippen molar-refractivity contribution >= 4 is 17.7 Å². The van der Waals surface area contributed by atoms with E-state index >= 15 is 0 Å². The van der Waals surface area contributed by atoms with E-state index in [-0.39, 0.29) is 60.3 Å². The van der Waals surface area contributed by atoms with Crippen LogP contribution >= 0.6 is 11.8 Å². The second-order valence-corrected chi connectivity index (χ2v) is 11.0. The van der Waals surface area contributed by atoms with Gasteiger partial charge in [-0.15, -0.1) is 0 Å². The minimum absolute atomic E-state index is 0.0215. The van der Waals surface area contributed by atoms with E-state index in [9.17, 15) is 32.6 Å². The third-order valence-electron chi connectivity index (χ3n) is 7.05. The molecule has 3 aromatic carbocycles. The normalized spacial score (nSPS) is 19.7. The van der Waals surface area contributed by atoms with Crippen LogP contribution in [0.3, 0.4) is 0 Å². The minimum Gasteiger partial charge on any atom is -0.336 e. The number of fused-ring (bicyclic) bond motifs is 1. The molecule has 1 heterocycles. The third kappa shape index (κ3) is 8.54. The average molecular weight is 700 g/mol. The van der Waals surface area contributed by atoms with Gasteiger partial charge in [0.1, 0.15) is 12.4 Å². The number of amides is 1. The van der Waals surface area contributed by atoms with Gasteiger partial charge in [0.2, 0.25) is 5.91 Å². The number of nitrogens with zero attached hydrogens (tertiary/aromatic N) is 4. The molecule has 0 atom stereocenters. The topological polar surface area (TPSA) is 58.4 Å². The van der Waals surface area contributed by atoms with Crippen molar-refractivity contribution in [1.29, 1.82) is 0 Å². The van der Waals surface area contributed by atoms with Gasteiger partial charge >= 0.3 is 6.18 Å². The van der Waals surface area contributed by atoms with Crippen molar-refractivity contribution in [3.05, 3.63) is 116 Å². The molecule has 254 valence electrons. The van der Waals surface area contributed by atoms with Gasteiger partial charge in [-0.3, -0.25) is 9.59 Å². The maximum absolute atomic E-state index is 15.0. The smallest absolute Gasteiger partial charge is 0.336 e. The molecule has 0 saturated carbocycles. The number of benzene rings is 3.